The Morgan fingerprint density at radius 1 is 0.293 bits per heavy atom. The van der Waals surface area contributed by atoms with Gasteiger partial charge in [0.2, 0.25) is 0 Å². The average Bonchev–Trinajstić information content (AvgIpc) is 2.93. The van der Waals surface area contributed by atoms with E-state index >= 15 is 0 Å². The number of hydrogen-bond donors (Lipinski definition) is 0. The summed E-state index contributed by atoms with van der Waals surface area (Å²) in [4.78, 5) is 0. The van der Waals surface area contributed by atoms with Gasteiger partial charge in [-0.15, -0.1) is 0 Å². The molecule has 0 saturated carbocycles. The lowest BCUT2D eigenvalue weighted by Crippen LogP contribution is -1.99. The Labute approximate surface area is 370 Å². The number of hydrogen-bond acceptors (Lipinski definition) is 1. The average molecular weight is 1580 g/mol. The van der Waals surface area contributed by atoms with Crippen LogP contribution in [0, 0.1) is 0 Å². The zero-order chi connectivity index (χ0) is 30.8. The predicted molar refractivity (Wildman–Crippen MR) is 227 cm³/mol. The molecule has 1 nitrogen and oxygen atoms in total. The lowest BCUT2D eigenvalue weighted by molar-refractivity contribution is 0.479. The molecule has 0 heterocycles. The quantitative estimate of drug-likeness (QED) is 0.146. The molecule has 0 aliphatic carbocycles. The summed E-state index contributed by atoms with van der Waals surface area (Å²) in [7, 11) is 0. The monoisotopic (exact) mass is 1570 g/mol. The minimum atomic E-state index is 0.571. The summed E-state index contributed by atoms with van der Waals surface area (Å²) >= 11 is 59.7. The van der Waals surface area contributed by atoms with Crippen LogP contribution in [0.1, 0.15) is 0 Å². The van der Waals surface area contributed by atoms with E-state index in [1.807, 2.05) is 12.1 Å². The topological polar surface area (TPSA) is 9.23 Å². The van der Waals surface area contributed by atoms with Crippen LogP contribution in [0.25, 0.3) is 22.3 Å². The molecule has 216 valence electrons. The molecule has 4 aromatic rings. The summed E-state index contributed by atoms with van der Waals surface area (Å²) in [5.41, 5.74) is 3.32. The molecule has 0 spiro atoms. The van der Waals surface area contributed by atoms with Gasteiger partial charge < -0.3 is 4.74 Å². The van der Waals surface area contributed by atoms with E-state index in [2.05, 4.69) is 255 Å². The second kappa shape index (κ2) is 15.5. The molecule has 0 amide bonds. The Morgan fingerprint density at radius 2 is 0.537 bits per heavy atom. The highest BCUT2D eigenvalue weighted by Crippen LogP contribution is 2.58. The molecule has 0 N–H and O–H groups in total. The SMILES string of the molecule is Brc1cc(-c2c(Br)c(Br)c(Br)c(Br)c2Br)c(Oc2c(-c3c(Br)c(Br)c(Br)c(Br)c3Br)cc(Br)c(Br)c2Br)c(Br)c1Br. The zero-order valence-corrected chi connectivity index (χ0v) is 44.0. The van der Waals surface area contributed by atoms with E-state index in [-0.39, 0.29) is 0 Å². The molecular formula is C24H2Br16O. The van der Waals surface area contributed by atoms with E-state index in [1.54, 1.807) is 0 Å². The van der Waals surface area contributed by atoms with Crippen LogP contribution < -0.4 is 4.74 Å². The molecule has 0 bridgehead atoms. The maximum Gasteiger partial charge on any atom is 0.150 e. The Bertz CT molecular complexity index is 1590. The summed E-state index contributed by atoms with van der Waals surface area (Å²) in [5.74, 6) is 1.14. The minimum Gasteiger partial charge on any atom is -0.454 e. The Balaban J connectivity index is 2.14. The molecule has 0 fully saturated rings. The first kappa shape index (κ1) is 38.2. The molecule has 0 aliphatic rings. The van der Waals surface area contributed by atoms with Gasteiger partial charge in [0, 0.05) is 84.9 Å². The minimum absolute atomic E-state index is 0.571. The molecule has 0 saturated heterocycles. The van der Waals surface area contributed by atoms with Crippen LogP contribution in [0.4, 0.5) is 0 Å². The summed E-state index contributed by atoms with van der Waals surface area (Å²) in [6, 6.07) is 4.00. The largest absolute Gasteiger partial charge is 0.454 e. The molecule has 17 heteroatoms. The van der Waals surface area contributed by atoms with Crippen molar-refractivity contribution in [2.75, 3.05) is 0 Å². The van der Waals surface area contributed by atoms with Crippen LogP contribution in [-0.4, -0.2) is 0 Å². The Morgan fingerprint density at radius 3 is 0.805 bits per heavy atom. The maximum absolute atomic E-state index is 6.96. The van der Waals surface area contributed by atoms with Crippen molar-refractivity contribution in [3.63, 3.8) is 0 Å². The fourth-order valence-corrected chi connectivity index (χ4v) is 13.5. The predicted octanol–water partition coefficient (Wildman–Crippen LogP) is 19.0. The van der Waals surface area contributed by atoms with Gasteiger partial charge in [-0.1, -0.05) is 0 Å². The van der Waals surface area contributed by atoms with Gasteiger partial charge in [-0.2, -0.15) is 0 Å². The highest BCUT2D eigenvalue weighted by Gasteiger charge is 2.29. The molecule has 4 rings (SSSR count). The molecule has 4 aromatic carbocycles. The zero-order valence-electron chi connectivity index (χ0n) is 18.6. The number of halogens is 16. The fraction of sp³-hybridized carbons (Fsp3) is 0. The number of rotatable bonds is 4. The van der Waals surface area contributed by atoms with E-state index in [4.69, 9.17) is 4.74 Å². The summed E-state index contributed by atoms with van der Waals surface area (Å²) in [6.07, 6.45) is 0. The third-order valence-electron chi connectivity index (χ3n) is 5.40. The third-order valence-corrected chi connectivity index (χ3v) is 24.1. The Hall–Kier alpha value is 4.36. The van der Waals surface area contributed by atoms with Crippen molar-refractivity contribution in [3.05, 3.63) is 83.7 Å². The first-order valence-corrected chi connectivity index (χ1v) is 22.8. The lowest BCUT2D eigenvalue weighted by Gasteiger charge is -2.23. The standard InChI is InChI=1S/C24H2Br16O/c25-5-1-3(7-11(29)15(33)19(37)16(34)12(7)30)23(21(39)9(5)27)41-24-4(2-6(26)10(28)22(24)40)8-13(31)17(35)20(38)18(36)14(8)32/h1-2H. The fourth-order valence-electron chi connectivity index (χ4n) is 3.51. The van der Waals surface area contributed by atoms with Gasteiger partial charge in [0.05, 0.1) is 8.95 Å². The first-order chi connectivity index (χ1) is 19.0. The van der Waals surface area contributed by atoms with Gasteiger partial charge in [-0.25, -0.2) is 0 Å². The van der Waals surface area contributed by atoms with E-state index in [0.29, 0.717) is 20.4 Å². The van der Waals surface area contributed by atoms with Crippen LogP contribution in [0.5, 0.6) is 11.5 Å². The van der Waals surface area contributed by atoms with E-state index < -0.39 is 0 Å². The second-order valence-electron chi connectivity index (χ2n) is 7.72. The van der Waals surface area contributed by atoms with Gasteiger partial charge >= 0.3 is 0 Å². The van der Waals surface area contributed by atoms with Crippen molar-refractivity contribution in [2.24, 2.45) is 0 Å². The lowest BCUT2D eigenvalue weighted by atomic mass is 10.0. The first-order valence-electron chi connectivity index (χ1n) is 10.1. The van der Waals surface area contributed by atoms with Gasteiger partial charge in [0.25, 0.3) is 0 Å². The van der Waals surface area contributed by atoms with Gasteiger partial charge in [0.15, 0.2) is 11.5 Å². The Kier molecular flexibility index (Phi) is 14.4. The third kappa shape index (κ3) is 7.31. The van der Waals surface area contributed by atoms with Crippen molar-refractivity contribution in [1.29, 1.82) is 0 Å². The molecule has 0 aromatic heterocycles. The second-order valence-corrected chi connectivity index (χ2v) is 20.5. The van der Waals surface area contributed by atoms with Crippen molar-refractivity contribution >= 4 is 255 Å². The van der Waals surface area contributed by atoms with Gasteiger partial charge in [-0.05, 0) is 267 Å². The molecule has 0 unspecified atom stereocenters. The van der Waals surface area contributed by atoms with E-state index in [1.165, 1.54) is 0 Å². The normalized spacial score (nSPS) is 11.4. The highest BCUT2D eigenvalue weighted by molar-refractivity contribution is 9.17. The molecule has 0 atom stereocenters. The van der Waals surface area contributed by atoms with Crippen LogP contribution in [0.2, 0.25) is 0 Å². The molecule has 0 radical (unpaired) electrons. The van der Waals surface area contributed by atoms with Crippen LogP contribution in [0.3, 0.4) is 0 Å². The van der Waals surface area contributed by atoms with Crippen molar-refractivity contribution < 1.29 is 4.74 Å². The summed E-state index contributed by atoms with van der Waals surface area (Å²) in [5, 5.41) is 0. The maximum atomic E-state index is 6.96. The van der Waals surface area contributed by atoms with Crippen molar-refractivity contribution in [3.8, 4) is 33.8 Å². The van der Waals surface area contributed by atoms with Crippen molar-refractivity contribution in [1.82, 2.24) is 0 Å². The van der Waals surface area contributed by atoms with Crippen LogP contribution >= 0.6 is 255 Å². The van der Waals surface area contributed by atoms with Gasteiger partial charge in [-0.3, -0.25) is 0 Å². The van der Waals surface area contributed by atoms with Gasteiger partial charge in [0.1, 0.15) is 0 Å². The highest BCUT2D eigenvalue weighted by atomic mass is 79.9. The van der Waals surface area contributed by atoms with Crippen molar-refractivity contribution in [2.45, 2.75) is 0 Å². The molecule has 41 heavy (non-hydrogen) atoms. The summed E-state index contributed by atoms with van der Waals surface area (Å²) in [6.45, 7) is 0. The van der Waals surface area contributed by atoms with E-state index in [0.717, 1.165) is 84.9 Å². The number of ether oxygens (including phenoxy) is 1. The smallest absolute Gasteiger partial charge is 0.150 e. The summed E-state index contributed by atoms with van der Waals surface area (Å²) < 4.78 is 20.0. The molecule has 0 aliphatic heterocycles. The molecular weight excluding hydrogens is 1580 g/mol. The van der Waals surface area contributed by atoms with Crippen LogP contribution in [-0.2, 0) is 0 Å². The number of benzene rings is 4. The van der Waals surface area contributed by atoms with Crippen LogP contribution in [0.15, 0.2) is 83.7 Å². The van der Waals surface area contributed by atoms with E-state index in [9.17, 15) is 0 Å².